The largest absolute Gasteiger partial charge is 0.448 e. The van der Waals surface area contributed by atoms with Crippen molar-refractivity contribution >= 4 is 11.9 Å². The van der Waals surface area contributed by atoms with Gasteiger partial charge in [-0.2, -0.15) is 0 Å². The molecule has 1 fully saturated rings. The molecule has 0 radical (unpaired) electrons. The summed E-state index contributed by atoms with van der Waals surface area (Å²) in [6.45, 7) is 7.43. The monoisotopic (exact) mass is 350 g/mol. The van der Waals surface area contributed by atoms with Crippen LogP contribution in [0.1, 0.15) is 79.4 Å². The van der Waals surface area contributed by atoms with Crippen LogP contribution in [0.2, 0.25) is 0 Å². The van der Waals surface area contributed by atoms with E-state index in [4.69, 9.17) is 4.74 Å². The maximum absolute atomic E-state index is 12.4. The van der Waals surface area contributed by atoms with Crippen LogP contribution in [0, 0.1) is 19.8 Å². The Balaban J connectivity index is 1.91. The number of nitrogens with one attached hydrogen (secondary N) is 2. The Morgan fingerprint density at radius 3 is 2.44 bits per heavy atom. The molecule has 1 heterocycles. The summed E-state index contributed by atoms with van der Waals surface area (Å²) in [6.07, 6.45) is 4.50. The van der Waals surface area contributed by atoms with Gasteiger partial charge in [0, 0.05) is 17.8 Å². The topological polar surface area (TPSA) is 91.4 Å². The summed E-state index contributed by atoms with van der Waals surface area (Å²) < 4.78 is 5.30. The van der Waals surface area contributed by atoms with Crippen molar-refractivity contribution in [2.24, 2.45) is 5.92 Å². The molecule has 0 aliphatic heterocycles. The van der Waals surface area contributed by atoms with Crippen LogP contribution in [-0.2, 0) is 9.53 Å². The van der Waals surface area contributed by atoms with E-state index in [0.29, 0.717) is 29.3 Å². The molecular formula is C19H30N2O4. The molecule has 1 aliphatic carbocycles. The molecule has 0 aromatic carbocycles. The van der Waals surface area contributed by atoms with E-state index < -0.39 is 18.2 Å². The van der Waals surface area contributed by atoms with Gasteiger partial charge >= 0.3 is 5.97 Å². The highest BCUT2D eigenvalue weighted by molar-refractivity contribution is 5.92. The van der Waals surface area contributed by atoms with Crippen LogP contribution in [0.15, 0.2) is 0 Å². The zero-order chi connectivity index (χ0) is 18.6. The number of H-pyrrole nitrogens is 1. The predicted molar refractivity (Wildman–Crippen MR) is 95.4 cm³/mol. The number of aromatic nitrogens is 1. The molecule has 0 unspecified atom stereocenters. The number of aliphatic hydroxyl groups excluding tert-OH is 1. The van der Waals surface area contributed by atoms with Gasteiger partial charge in [0.2, 0.25) is 0 Å². The van der Waals surface area contributed by atoms with Gasteiger partial charge in [-0.1, -0.05) is 19.3 Å². The highest BCUT2D eigenvalue weighted by Gasteiger charge is 2.25. The summed E-state index contributed by atoms with van der Waals surface area (Å²) in [5.41, 5.74) is 2.38. The first-order valence-corrected chi connectivity index (χ1v) is 9.17. The molecule has 1 aliphatic rings. The summed E-state index contributed by atoms with van der Waals surface area (Å²) in [6, 6.07) is 0. The van der Waals surface area contributed by atoms with Crippen molar-refractivity contribution in [3.05, 3.63) is 22.5 Å². The Kier molecular flexibility index (Phi) is 6.64. The van der Waals surface area contributed by atoms with Gasteiger partial charge in [0.1, 0.15) is 5.69 Å². The Hall–Kier alpha value is -1.82. The van der Waals surface area contributed by atoms with E-state index >= 15 is 0 Å². The van der Waals surface area contributed by atoms with Gasteiger partial charge in [-0.25, -0.2) is 4.79 Å². The van der Waals surface area contributed by atoms with Gasteiger partial charge in [0.15, 0.2) is 6.10 Å². The average Bonchev–Trinajstić information content (AvgIpc) is 2.88. The number of rotatable bonds is 6. The zero-order valence-corrected chi connectivity index (χ0v) is 15.6. The lowest BCUT2D eigenvalue weighted by Crippen LogP contribution is -2.38. The first kappa shape index (κ1) is 19.5. The molecule has 1 saturated carbocycles. The number of hydrogen-bond acceptors (Lipinski definition) is 4. The average molecular weight is 350 g/mol. The highest BCUT2D eigenvalue weighted by Crippen LogP contribution is 2.25. The van der Waals surface area contributed by atoms with Crippen LogP contribution < -0.4 is 5.32 Å². The highest BCUT2D eigenvalue weighted by atomic mass is 16.5. The van der Waals surface area contributed by atoms with Gasteiger partial charge in [-0.3, -0.25) is 4.79 Å². The van der Waals surface area contributed by atoms with E-state index in [-0.39, 0.29) is 5.91 Å². The maximum atomic E-state index is 12.4. The van der Waals surface area contributed by atoms with Crippen molar-refractivity contribution in [2.75, 3.05) is 6.54 Å². The molecule has 6 nitrogen and oxygen atoms in total. The standard InChI is InChI=1S/C19H30N2O4/c1-11-16(13(3)22)12(2)21-17(11)19(24)25-14(4)18(23)20-10-15-8-6-5-7-9-15/h13-15,21-22H,5-10H2,1-4H3,(H,20,23)/t13-,14-/m0/s1. The Labute approximate surface area is 149 Å². The van der Waals surface area contributed by atoms with Crippen molar-refractivity contribution in [1.29, 1.82) is 0 Å². The predicted octanol–water partition coefficient (Wildman–Crippen LogP) is 2.93. The van der Waals surface area contributed by atoms with Crippen LogP contribution in [0.3, 0.4) is 0 Å². The third-order valence-corrected chi connectivity index (χ3v) is 5.06. The number of carbonyl (C=O) groups excluding carboxylic acids is 2. The number of aliphatic hydroxyl groups is 1. The minimum atomic E-state index is -0.853. The molecule has 0 bridgehead atoms. The van der Waals surface area contributed by atoms with Crippen molar-refractivity contribution in [2.45, 2.75) is 72.0 Å². The smallest absolute Gasteiger partial charge is 0.355 e. The number of esters is 1. The fourth-order valence-electron chi connectivity index (χ4n) is 3.65. The minimum absolute atomic E-state index is 0.268. The van der Waals surface area contributed by atoms with Crippen molar-refractivity contribution in [3.8, 4) is 0 Å². The molecule has 0 spiro atoms. The molecule has 6 heteroatoms. The molecule has 2 atom stereocenters. The van der Waals surface area contributed by atoms with E-state index in [2.05, 4.69) is 10.3 Å². The van der Waals surface area contributed by atoms with Crippen LogP contribution in [-0.4, -0.2) is 34.6 Å². The second-order valence-corrected chi connectivity index (χ2v) is 7.14. The van der Waals surface area contributed by atoms with E-state index in [0.717, 1.165) is 18.5 Å². The first-order valence-electron chi connectivity index (χ1n) is 9.17. The Morgan fingerprint density at radius 1 is 1.24 bits per heavy atom. The van der Waals surface area contributed by atoms with Crippen molar-refractivity contribution in [1.82, 2.24) is 10.3 Å². The van der Waals surface area contributed by atoms with E-state index in [1.54, 1.807) is 27.7 Å². The van der Waals surface area contributed by atoms with Crippen LogP contribution in [0.25, 0.3) is 0 Å². The summed E-state index contributed by atoms with van der Waals surface area (Å²) in [4.78, 5) is 27.5. The lowest BCUT2D eigenvalue weighted by molar-refractivity contribution is -0.129. The molecule has 25 heavy (non-hydrogen) atoms. The fourth-order valence-corrected chi connectivity index (χ4v) is 3.65. The zero-order valence-electron chi connectivity index (χ0n) is 15.6. The molecule has 1 aromatic heterocycles. The van der Waals surface area contributed by atoms with E-state index in [1.165, 1.54) is 19.3 Å². The minimum Gasteiger partial charge on any atom is -0.448 e. The lowest BCUT2D eigenvalue weighted by Gasteiger charge is -2.22. The van der Waals surface area contributed by atoms with Gasteiger partial charge in [-0.05, 0) is 52.0 Å². The van der Waals surface area contributed by atoms with Crippen LogP contribution in [0.5, 0.6) is 0 Å². The number of aryl methyl sites for hydroxylation is 1. The fraction of sp³-hybridized carbons (Fsp3) is 0.684. The second kappa shape index (κ2) is 8.52. The summed E-state index contributed by atoms with van der Waals surface area (Å²) in [5, 5.41) is 12.7. The number of ether oxygens (including phenoxy) is 1. The summed E-state index contributed by atoms with van der Waals surface area (Å²) >= 11 is 0. The lowest BCUT2D eigenvalue weighted by atomic mass is 9.89. The molecular weight excluding hydrogens is 320 g/mol. The van der Waals surface area contributed by atoms with Gasteiger partial charge in [0.25, 0.3) is 5.91 Å². The first-order chi connectivity index (χ1) is 11.8. The van der Waals surface area contributed by atoms with E-state index in [9.17, 15) is 14.7 Å². The number of amides is 1. The van der Waals surface area contributed by atoms with Crippen molar-refractivity contribution in [3.63, 3.8) is 0 Å². The summed E-state index contributed by atoms with van der Waals surface area (Å²) in [7, 11) is 0. The molecule has 140 valence electrons. The van der Waals surface area contributed by atoms with Crippen LogP contribution in [0.4, 0.5) is 0 Å². The van der Waals surface area contributed by atoms with Gasteiger partial charge < -0.3 is 20.1 Å². The Bertz CT molecular complexity index is 615. The Morgan fingerprint density at radius 2 is 1.88 bits per heavy atom. The van der Waals surface area contributed by atoms with Crippen molar-refractivity contribution < 1.29 is 19.4 Å². The number of hydrogen-bond donors (Lipinski definition) is 3. The SMILES string of the molecule is Cc1[nH]c(C(=O)O[C@@H](C)C(=O)NCC2CCCCC2)c(C)c1[C@H](C)O. The molecule has 1 aromatic rings. The molecule has 3 N–H and O–H groups in total. The third kappa shape index (κ3) is 4.84. The van der Waals surface area contributed by atoms with Gasteiger partial charge in [-0.15, -0.1) is 0 Å². The quantitative estimate of drug-likeness (QED) is 0.688. The normalized spacial score (nSPS) is 17.8. The van der Waals surface area contributed by atoms with Gasteiger partial charge in [0.05, 0.1) is 6.10 Å². The second-order valence-electron chi connectivity index (χ2n) is 7.14. The maximum Gasteiger partial charge on any atom is 0.355 e. The molecule has 0 saturated heterocycles. The molecule has 1 amide bonds. The third-order valence-electron chi connectivity index (χ3n) is 5.06. The number of carbonyl (C=O) groups is 2. The van der Waals surface area contributed by atoms with Crippen LogP contribution >= 0.6 is 0 Å². The summed E-state index contributed by atoms with van der Waals surface area (Å²) in [5.74, 6) is -0.314. The molecule has 2 rings (SSSR count). The number of aromatic amines is 1. The van der Waals surface area contributed by atoms with E-state index in [1.807, 2.05) is 0 Å².